The fourth-order valence-corrected chi connectivity index (χ4v) is 4.32. The molecule has 0 radical (unpaired) electrons. The van der Waals surface area contributed by atoms with E-state index >= 15 is 0 Å². The second kappa shape index (κ2) is 9.52. The molecule has 33 heavy (non-hydrogen) atoms. The minimum absolute atomic E-state index is 0.00920. The van der Waals surface area contributed by atoms with E-state index in [9.17, 15) is 14.7 Å². The van der Waals surface area contributed by atoms with Crippen LogP contribution < -0.4 is 0 Å². The number of rotatable bonds is 6. The van der Waals surface area contributed by atoms with E-state index < -0.39 is 17.7 Å². The maximum absolute atomic E-state index is 13.2. The Hall–Kier alpha value is -2.92. The summed E-state index contributed by atoms with van der Waals surface area (Å²) in [6.07, 6.45) is 0.736. The number of carbonyl (C=O) groups is 2. The number of amides is 1. The van der Waals surface area contributed by atoms with Crippen LogP contribution in [0.15, 0.2) is 48.0 Å². The van der Waals surface area contributed by atoms with E-state index in [1.165, 1.54) is 5.56 Å². The molecule has 2 aromatic rings. The Labute approximate surface area is 197 Å². The zero-order valence-electron chi connectivity index (χ0n) is 20.9. The van der Waals surface area contributed by atoms with Gasteiger partial charge < -0.3 is 14.9 Å². The van der Waals surface area contributed by atoms with Crippen LogP contribution in [0, 0.1) is 13.8 Å². The Morgan fingerprint density at radius 3 is 2.24 bits per heavy atom. The third-order valence-electron chi connectivity index (χ3n) is 6.28. The quantitative estimate of drug-likeness (QED) is 0.385. The summed E-state index contributed by atoms with van der Waals surface area (Å²) in [6.45, 7) is 11.5. The Bertz CT molecular complexity index is 1080. The Morgan fingerprint density at radius 1 is 1.03 bits per heavy atom. The van der Waals surface area contributed by atoms with Gasteiger partial charge in [0.25, 0.3) is 11.7 Å². The highest BCUT2D eigenvalue weighted by atomic mass is 16.3. The molecule has 1 atom stereocenters. The normalized spacial score (nSPS) is 18.4. The van der Waals surface area contributed by atoms with Crippen molar-refractivity contribution in [1.82, 2.24) is 9.80 Å². The highest BCUT2D eigenvalue weighted by Gasteiger charge is 2.46. The average Bonchev–Trinajstić information content (AvgIpc) is 2.99. The third-order valence-corrected chi connectivity index (χ3v) is 6.28. The first kappa shape index (κ1) is 24.7. The van der Waals surface area contributed by atoms with Crippen molar-refractivity contribution < 1.29 is 14.7 Å². The monoisotopic (exact) mass is 448 g/mol. The zero-order valence-corrected chi connectivity index (χ0v) is 20.9. The highest BCUT2D eigenvalue weighted by Crippen LogP contribution is 2.40. The Kier molecular flexibility index (Phi) is 7.13. The number of benzene rings is 2. The van der Waals surface area contributed by atoms with Crippen LogP contribution in [0.5, 0.6) is 0 Å². The number of nitrogens with zero attached hydrogens (tertiary/aromatic N) is 2. The van der Waals surface area contributed by atoms with Gasteiger partial charge in [0.05, 0.1) is 11.6 Å². The fraction of sp³-hybridized carbons (Fsp3) is 0.429. The van der Waals surface area contributed by atoms with E-state index in [0.717, 1.165) is 29.7 Å². The first-order valence-corrected chi connectivity index (χ1v) is 11.5. The van der Waals surface area contributed by atoms with Crippen molar-refractivity contribution in [3.63, 3.8) is 0 Å². The number of ketones is 1. The van der Waals surface area contributed by atoms with E-state index in [0.29, 0.717) is 12.1 Å². The summed E-state index contributed by atoms with van der Waals surface area (Å²) in [5.41, 5.74) is 4.60. The number of aliphatic hydroxyl groups is 1. The second-order valence-electron chi connectivity index (χ2n) is 10.3. The van der Waals surface area contributed by atoms with Crippen molar-refractivity contribution in [3.05, 3.63) is 75.9 Å². The average molecular weight is 449 g/mol. The summed E-state index contributed by atoms with van der Waals surface area (Å²) in [7, 11) is 3.97. The molecule has 5 nitrogen and oxygen atoms in total. The van der Waals surface area contributed by atoms with Crippen LogP contribution in [-0.4, -0.2) is 53.8 Å². The van der Waals surface area contributed by atoms with Crippen molar-refractivity contribution in [2.24, 2.45) is 0 Å². The summed E-state index contributed by atoms with van der Waals surface area (Å²) in [5, 5.41) is 11.3. The van der Waals surface area contributed by atoms with E-state index in [2.05, 4.69) is 25.7 Å². The molecule has 0 saturated carbocycles. The molecule has 1 amide bonds. The molecular weight excluding hydrogens is 412 g/mol. The topological polar surface area (TPSA) is 60.9 Å². The number of hydrogen-bond acceptors (Lipinski definition) is 4. The molecule has 2 aromatic carbocycles. The van der Waals surface area contributed by atoms with E-state index in [-0.39, 0.29) is 16.7 Å². The van der Waals surface area contributed by atoms with Gasteiger partial charge in [0.2, 0.25) is 0 Å². The lowest BCUT2D eigenvalue weighted by molar-refractivity contribution is -0.139. The van der Waals surface area contributed by atoms with Gasteiger partial charge in [0.1, 0.15) is 5.76 Å². The predicted molar refractivity (Wildman–Crippen MR) is 133 cm³/mol. The van der Waals surface area contributed by atoms with Crippen LogP contribution in [0.1, 0.15) is 61.1 Å². The lowest BCUT2D eigenvalue weighted by Crippen LogP contribution is -2.32. The highest BCUT2D eigenvalue weighted by molar-refractivity contribution is 6.46. The van der Waals surface area contributed by atoms with Gasteiger partial charge in [-0.25, -0.2) is 0 Å². The van der Waals surface area contributed by atoms with Crippen molar-refractivity contribution in [1.29, 1.82) is 0 Å². The van der Waals surface area contributed by atoms with Gasteiger partial charge in [-0.3, -0.25) is 9.59 Å². The minimum Gasteiger partial charge on any atom is -0.507 e. The summed E-state index contributed by atoms with van der Waals surface area (Å²) in [4.78, 5) is 30.0. The molecular formula is C28H36N2O3. The van der Waals surface area contributed by atoms with E-state index in [4.69, 9.17) is 0 Å². The minimum atomic E-state index is -0.622. The number of aryl methyl sites for hydroxylation is 2. The van der Waals surface area contributed by atoms with Crippen molar-refractivity contribution in [3.8, 4) is 0 Å². The number of likely N-dealkylation sites (tertiary alicyclic amines) is 1. The van der Waals surface area contributed by atoms with Gasteiger partial charge in [0, 0.05) is 12.1 Å². The summed E-state index contributed by atoms with van der Waals surface area (Å²) in [5.74, 6) is -1.27. The first-order valence-electron chi connectivity index (χ1n) is 11.5. The molecule has 1 unspecified atom stereocenters. The zero-order chi connectivity index (χ0) is 24.5. The Morgan fingerprint density at radius 2 is 1.67 bits per heavy atom. The summed E-state index contributed by atoms with van der Waals surface area (Å²) < 4.78 is 0. The largest absolute Gasteiger partial charge is 0.507 e. The molecule has 5 heteroatoms. The van der Waals surface area contributed by atoms with Gasteiger partial charge >= 0.3 is 0 Å². The number of hydrogen-bond donors (Lipinski definition) is 1. The van der Waals surface area contributed by atoms with Crippen LogP contribution in [-0.2, 0) is 15.0 Å². The third kappa shape index (κ3) is 5.19. The maximum Gasteiger partial charge on any atom is 0.295 e. The SMILES string of the molecule is Cc1ccc(C)c(/C(O)=C2\C(=O)C(=O)N(CCCN(C)C)C2c2ccc(C(C)(C)C)cc2)c1. The van der Waals surface area contributed by atoms with Crippen LogP contribution in [0.25, 0.3) is 5.76 Å². The maximum atomic E-state index is 13.2. The lowest BCUT2D eigenvalue weighted by atomic mass is 9.85. The Balaban J connectivity index is 2.14. The molecule has 1 heterocycles. The number of aliphatic hydroxyl groups excluding tert-OH is 1. The lowest BCUT2D eigenvalue weighted by Gasteiger charge is -2.27. The molecule has 0 bridgehead atoms. The molecule has 1 N–H and O–H groups in total. The molecule has 0 aliphatic carbocycles. The molecule has 1 aliphatic heterocycles. The molecule has 1 fully saturated rings. The summed E-state index contributed by atoms with van der Waals surface area (Å²) >= 11 is 0. The fourth-order valence-electron chi connectivity index (χ4n) is 4.32. The van der Waals surface area contributed by atoms with Crippen molar-refractivity contribution in [2.75, 3.05) is 27.2 Å². The van der Waals surface area contributed by atoms with Crippen molar-refractivity contribution >= 4 is 17.4 Å². The van der Waals surface area contributed by atoms with Gasteiger partial charge in [-0.1, -0.05) is 62.7 Å². The van der Waals surface area contributed by atoms with Crippen molar-refractivity contribution in [2.45, 2.75) is 52.5 Å². The first-order chi connectivity index (χ1) is 15.4. The molecule has 1 aliphatic rings. The molecule has 0 aromatic heterocycles. The van der Waals surface area contributed by atoms with Crippen LogP contribution in [0.3, 0.4) is 0 Å². The number of Topliss-reactive ketones (excluding diaryl/α,β-unsaturated/α-hetero) is 1. The predicted octanol–water partition coefficient (Wildman–Crippen LogP) is 4.97. The van der Waals surface area contributed by atoms with Gasteiger partial charge in [-0.05, 0) is 69.1 Å². The summed E-state index contributed by atoms with van der Waals surface area (Å²) in [6, 6.07) is 13.2. The van der Waals surface area contributed by atoms with Crippen LogP contribution >= 0.6 is 0 Å². The van der Waals surface area contributed by atoms with Gasteiger partial charge in [-0.15, -0.1) is 0 Å². The van der Waals surface area contributed by atoms with Crippen LogP contribution in [0.2, 0.25) is 0 Å². The number of carbonyl (C=O) groups excluding carboxylic acids is 2. The van der Waals surface area contributed by atoms with E-state index in [1.807, 2.05) is 70.4 Å². The molecule has 0 spiro atoms. The van der Waals surface area contributed by atoms with E-state index in [1.54, 1.807) is 4.90 Å². The standard InChI is InChI=1S/C28H36N2O3/c1-18-9-10-19(2)22(17-18)25(31)23-24(20-11-13-21(14-12-20)28(3,4)5)30(27(33)26(23)32)16-8-15-29(6)7/h9-14,17,24,31H,8,15-16H2,1-7H3/b25-23+. The second-order valence-corrected chi connectivity index (χ2v) is 10.3. The van der Waals surface area contributed by atoms with Crippen LogP contribution in [0.4, 0.5) is 0 Å². The smallest absolute Gasteiger partial charge is 0.295 e. The molecule has 176 valence electrons. The molecule has 3 rings (SSSR count). The van der Waals surface area contributed by atoms with Gasteiger partial charge in [0.15, 0.2) is 0 Å². The molecule has 1 saturated heterocycles. The van der Waals surface area contributed by atoms with Gasteiger partial charge in [-0.2, -0.15) is 0 Å².